The molecule has 0 saturated carbocycles. The third-order valence-corrected chi connectivity index (χ3v) is 5.50. The minimum atomic E-state index is -0.136. The fraction of sp³-hybridized carbons (Fsp3) is 0.235. The molecule has 1 N–H and O–H groups in total. The average Bonchev–Trinajstić information content (AvgIpc) is 3.06. The molecule has 0 aliphatic carbocycles. The fourth-order valence-electron chi connectivity index (χ4n) is 2.28. The van der Waals surface area contributed by atoms with Crippen LogP contribution < -0.4 is 15.8 Å². The smallest absolute Gasteiger partial charge is 0.262 e. The first-order valence-electron chi connectivity index (χ1n) is 7.60. The number of thiophene rings is 1. The molecule has 6 nitrogen and oxygen atoms in total. The summed E-state index contributed by atoms with van der Waals surface area (Å²) in [5, 5.41) is 5.85. The number of nitrogens with one attached hydrogen (secondary N) is 1. The van der Waals surface area contributed by atoms with Gasteiger partial charge in [0.25, 0.3) is 5.56 Å². The third-order valence-electron chi connectivity index (χ3n) is 3.66. The first-order chi connectivity index (χ1) is 12.0. The van der Waals surface area contributed by atoms with Gasteiger partial charge in [-0.1, -0.05) is 11.8 Å². The summed E-state index contributed by atoms with van der Waals surface area (Å²) in [6.07, 6.45) is 0. The highest BCUT2D eigenvalue weighted by atomic mass is 32.2. The van der Waals surface area contributed by atoms with Crippen LogP contribution in [-0.4, -0.2) is 35.3 Å². The molecule has 0 fully saturated rings. The Morgan fingerprint density at radius 2 is 2.00 bits per heavy atom. The first kappa shape index (κ1) is 17.5. The van der Waals surface area contributed by atoms with Crippen LogP contribution in [0.1, 0.15) is 0 Å². The summed E-state index contributed by atoms with van der Waals surface area (Å²) >= 11 is 2.68. The van der Waals surface area contributed by atoms with Crippen molar-refractivity contribution in [3.05, 3.63) is 46.1 Å². The van der Waals surface area contributed by atoms with E-state index in [0.29, 0.717) is 15.4 Å². The molecule has 8 heteroatoms. The number of aromatic nitrogens is 2. The molecule has 1 amide bonds. The molecule has 0 saturated heterocycles. The van der Waals surface area contributed by atoms with Crippen molar-refractivity contribution >= 4 is 50.6 Å². The molecule has 0 aliphatic heterocycles. The number of carbonyl (C=O) groups excluding carboxylic acids is 1. The number of carbonyl (C=O) groups is 1. The fourth-order valence-corrected chi connectivity index (χ4v) is 3.86. The van der Waals surface area contributed by atoms with E-state index in [2.05, 4.69) is 10.3 Å². The zero-order valence-corrected chi connectivity index (χ0v) is 15.8. The van der Waals surface area contributed by atoms with E-state index in [9.17, 15) is 9.59 Å². The van der Waals surface area contributed by atoms with Gasteiger partial charge in [0.1, 0.15) is 4.83 Å². The minimum Gasteiger partial charge on any atom is -0.378 e. The summed E-state index contributed by atoms with van der Waals surface area (Å²) in [5.74, 6) is 0.0511. The summed E-state index contributed by atoms with van der Waals surface area (Å²) in [7, 11) is 5.60. The van der Waals surface area contributed by atoms with E-state index < -0.39 is 0 Å². The average molecular weight is 374 g/mol. The van der Waals surface area contributed by atoms with Crippen molar-refractivity contribution in [3.8, 4) is 0 Å². The molecule has 0 bridgehead atoms. The van der Waals surface area contributed by atoms with Gasteiger partial charge in [0.15, 0.2) is 5.16 Å². The van der Waals surface area contributed by atoms with Gasteiger partial charge in [-0.2, -0.15) is 0 Å². The Morgan fingerprint density at radius 1 is 1.28 bits per heavy atom. The van der Waals surface area contributed by atoms with Crippen molar-refractivity contribution in [2.45, 2.75) is 5.16 Å². The van der Waals surface area contributed by atoms with E-state index >= 15 is 0 Å². The lowest BCUT2D eigenvalue weighted by molar-refractivity contribution is -0.113. The van der Waals surface area contributed by atoms with E-state index in [1.165, 1.54) is 27.7 Å². The Hall–Kier alpha value is -2.32. The van der Waals surface area contributed by atoms with Crippen LogP contribution in [0, 0.1) is 0 Å². The second kappa shape index (κ2) is 7.28. The number of nitrogens with zero attached hydrogens (tertiary/aromatic N) is 3. The first-order valence-corrected chi connectivity index (χ1v) is 9.46. The summed E-state index contributed by atoms with van der Waals surface area (Å²) in [6.45, 7) is 0. The Labute approximate surface area is 153 Å². The Balaban J connectivity index is 1.66. The number of hydrogen-bond acceptors (Lipinski definition) is 6. The predicted octanol–water partition coefficient (Wildman–Crippen LogP) is 2.79. The highest BCUT2D eigenvalue weighted by Gasteiger charge is 2.12. The number of fused-ring (bicyclic) bond motifs is 1. The van der Waals surface area contributed by atoms with Gasteiger partial charge in [0.2, 0.25) is 5.91 Å². The molecule has 1 aromatic carbocycles. The molecule has 2 aromatic heterocycles. The van der Waals surface area contributed by atoms with Gasteiger partial charge in [0, 0.05) is 32.5 Å². The maximum Gasteiger partial charge on any atom is 0.262 e. The molecule has 25 heavy (non-hydrogen) atoms. The molecule has 3 rings (SSSR count). The number of benzene rings is 1. The topological polar surface area (TPSA) is 67.2 Å². The van der Waals surface area contributed by atoms with Gasteiger partial charge in [-0.05, 0) is 35.7 Å². The van der Waals surface area contributed by atoms with Gasteiger partial charge in [-0.3, -0.25) is 14.2 Å². The van der Waals surface area contributed by atoms with Crippen molar-refractivity contribution in [1.29, 1.82) is 0 Å². The second-order valence-electron chi connectivity index (χ2n) is 5.68. The zero-order valence-electron chi connectivity index (χ0n) is 14.1. The van der Waals surface area contributed by atoms with Crippen molar-refractivity contribution in [1.82, 2.24) is 9.55 Å². The molecule has 0 spiro atoms. The largest absolute Gasteiger partial charge is 0.378 e. The lowest BCUT2D eigenvalue weighted by Gasteiger charge is -2.13. The van der Waals surface area contributed by atoms with Crippen molar-refractivity contribution in [2.75, 3.05) is 30.1 Å². The standard InChI is InChI=1S/C17H18N4O2S2/c1-20(2)12-6-4-11(5-7-12)18-14(22)10-25-17-19-15-13(8-9-24-15)16(23)21(17)3/h4-9H,10H2,1-3H3,(H,18,22). The van der Waals surface area contributed by atoms with Crippen molar-refractivity contribution < 1.29 is 4.79 Å². The highest BCUT2D eigenvalue weighted by Crippen LogP contribution is 2.21. The van der Waals surface area contributed by atoms with Crippen LogP contribution in [0.25, 0.3) is 10.2 Å². The monoisotopic (exact) mass is 374 g/mol. The van der Waals surface area contributed by atoms with Crippen LogP contribution >= 0.6 is 23.1 Å². The van der Waals surface area contributed by atoms with Crippen LogP contribution in [0.15, 0.2) is 45.7 Å². The second-order valence-corrected chi connectivity index (χ2v) is 7.51. The van der Waals surface area contributed by atoms with E-state index in [4.69, 9.17) is 0 Å². The van der Waals surface area contributed by atoms with Crippen LogP contribution in [0.4, 0.5) is 11.4 Å². The van der Waals surface area contributed by atoms with Crippen LogP contribution in [-0.2, 0) is 11.8 Å². The van der Waals surface area contributed by atoms with E-state index in [0.717, 1.165) is 11.4 Å². The number of amides is 1. The number of anilines is 2. The van der Waals surface area contributed by atoms with Gasteiger partial charge in [-0.15, -0.1) is 11.3 Å². The van der Waals surface area contributed by atoms with Crippen LogP contribution in [0.2, 0.25) is 0 Å². The van der Waals surface area contributed by atoms with E-state index in [1.54, 1.807) is 13.1 Å². The number of rotatable bonds is 5. The Bertz CT molecular complexity index is 961. The van der Waals surface area contributed by atoms with Crippen LogP contribution in [0.5, 0.6) is 0 Å². The molecular weight excluding hydrogens is 356 g/mol. The van der Waals surface area contributed by atoms with Gasteiger partial charge in [-0.25, -0.2) is 4.98 Å². The molecule has 0 aliphatic rings. The zero-order chi connectivity index (χ0) is 18.0. The predicted molar refractivity (Wildman–Crippen MR) is 105 cm³/mol. The molecule has 3 aromatic rings. The van der Waals surface area contributed by atoms with E-state index in [-0.39, 0.29) is 17.2 Å². The quantitative estimate of drug-likeness (QED) is 0.549. The van der Waals surface area contributed by atoms with Gasteiger partial charge >= 0.3 is 0 Å². The van der Waals surface area contributed by atoms with Crippen molar-refractivity contribution in [3.63, 3.8) is 0 Å². The lowest BCUT2D eigenvalue weighted by Crippen LogP contribution is -2.20. The summed E-state index contributed by atoms with van der Waals surface area (Å²) < 4.78 is 1.48. The SMILES string of the molecule is CN(C)c1ccc(NC(=O)CSc2nc3sccc3c(=O)n2C)cc1. The molecule has 0 unspecified atom stereocenters. The Morgan fingerprint density at radius 3 is 2.68 bits per heavy atom. The summed E-state index contributed by atoms with van der Waals surface area (Å²) in [6, 6.07) is 9.39. The summed E-state index contributed by atoms with van der Waals surface area (Å²) in [4.78, 5) is 31.6. The van der Waals surface area contributed by atoms with Gasteiger partial charge < -0.3 is 10.2 Å². The molecule has 0 radical (unpaired) electrons. The highest BCUT2D eigenvalue weighted by molar-refractivity contribution is 7.99. The third kappa shape index (κ3) is 3.85. The summed E-state index contributed by atoms with van der Waals surface area (Å²) in [5.41, 5.74) is 1.72. The number of thioether (sulfide) groups is 1. The number of hydrogen-bond donors (Lipinski definition) is 1. The molecule has 130 valence electrons. The maximum absolute atomic E-state index is 12.2. The van der Waals surface area contributed by atoms with Crippen LogP contribution in [0.3, 0.4) is 0 Å². The molecule has 0 atom stereocenters. The Kier molecular flexibility index (Phi) is 5.10. The molecule has 2 heterocycles. The minimum absolute atomic E-state index is 0.0894. The van der Waals surface area contributed by atoms with E-state index in [1.807, 2.05) is 48.6 Å². The maximum atomic E-state index is 12.2. The van der Waals surface area contributed by atoms with Crippen molar-refractivity contribution in [2.24, 2.45) is 7.05 Å². The van der Waals surface area contributed by atoms with Gasteiger partial charge in [0.05, 0.1) is 11.1 Å². The molecular formula is C17H18N4O2S2. The normalized spacial score (nSPS) is 10.8. The lowest BCUT2D eigenvalue weighted by atomic mass is 10.2.